The van der Waals surface area contributed by atoms with Gasteiger partial charge in [0, 0.05) is 0 Å². The Balaban J connectivity index is 1.81. The van der Waals surface area contributed by atoms with Gasteiger partial charge in [0.05, 0.1) is 6.20 Å². The second kappa shape index (κ2) is 4.26. The van der Waals surface area contributed by atoms with Gasteiger partial charge in [0.2, 0.25) is 5.89 Å². The van der Waals surface area contributed by atoms with E-state index in [1.165, 1.54) is 4.68 Å². The molecule has 0 aliphatic rings. The second-order valence-corrected chi connectivity index (χ2v) is 4.23. The fourth-order valence-corrected chi connectivity index (χ4v) is 1.68. The molecule has 0 fully saturated rings. The number of nitrogens with two attached hydrogens (primary N) is 1. The molecule has 9 heteroatoms. The van der Waals surface area contributed by atoms with Crippen LogP contribution < -0.4 is 5.73 Å². The van der Waals surface area contributed by atoms with Gasteiger partial charge in [-0.1, -0.05) is 5.21 Å². The molecule has 0 aromatic carbocycles. The van der Waals surface area contributed by atoms with E-state index in [0.29, 0.717) is 34.6 Å². The minimum Gasteiger partial charge on any atom is -0.444 e. The lowest BCUT2D eigenvalue weighted by molar-refractivity contribution is 0.451. The molecule has 0 atom stereocenters. The van der Waals surface area contributed by atoms with Gasteiger partial charge in [-0.25, -0.2) is 4.68 Å². The summed E-state index contributed by atoms with van der Waals surface area (Å²) >= 11 is 3.20. The zero-order chi connectivity index (χ0) is 12.5. The fraction of sp³-hybridized carbons (Fsp3) is 0.111. The molecule has 0 unspecified atom stereocenters. The number of hydrogen-bond donors (Lipinski definition) is 1. The first kappa shape index (κ1) is 11.0. The normalized spacial score (nSPS) is 10.9. The van der Waals surface area contributed by atoms with Crippen molar-refractivity contribution in [1.82, 2.24) is 25.2 Å². The molecule has 3 aromatic rings. The summed E-state index contributed by atoms with van der Waals surface area (Å²) < 4.78 is 12.8. The van der Waals surface area contributed by atoms with E-state index in [2.05, 4.69) is 36.4 Å². The summed E-state index contributed by atoms with van der Waals surface area (Å²) in [5.74, 6) is 1.54. The molecule has 0 amide bonds. The van der Waals surface area contributed by atoms with Crippen LogP contribution in [0.2, 0.25) is 0 Å². The van der Waals surface area contributed by atoms with Gasteiger partial charge in [0.15, 0.2) is 16.2 Å². The number of halogens is 1. The predicted octanol–water partition coefficient (Wildman–Crippen LogP) is 1.31. The Bertz CT molecular complexity index is 672. The molecule has 8 nitrogen and oxygen atoms in total. The van der Waals surface area contributed by atoms with Crippen LogP contribution in [0.25, 0.3) is 11.7 Å². The summed E-state index contributed by atoms with van der Waals surface area (Å²) in [6, 6.07) is 3.48. The molecule has 18 heavy (non-hydrogen) atoms. The van der Waals surface area contributed by atoms with Crippen LogP contribution in [0, 0.1) is 0 Å². The van der Waals surface area contributed by atoms with Crippen molar-refractivity contribution in [3.63, 3.8) is 0 Å². The van der Waals surface area contributed by atoms with Gasteiger partial charge in [0.1, 0.15) is 6.54 Å². The summed E-state index contributed by atoms with van der Waals surface area (Å²) in [6.45, 7) is 0.305. The first-order valence-corrected chi connectivity index (χ1v) is 5.74. The van der Waals surface area contributed by atoms with Crippen molar-refractivity contribution < 1.29 is 8.83 Å². The predicted molar refractivity (Wildman–Crippen MR) is 63.2 cm³/mol. The van der Waals surface area contributed by atoms with E-state index >= 15 is 0 Å². The van der Waals surface area contributed by atoms with E-state index in [-0.39, 0.29) is 0 Å². The molecule has 0 saturated heterocycles. The maximum atomic E-state index is 5.45. The molecule has 2 N–H and O–H groups in total. The first-order valence-electron chi connectivity index (χ1n) is 4.94. The van der Waals surface area contributed by atoms with Crippen LogP contribution in [0.3, 0.4) is 0 Å². The Morgan fingerprint density at radius 3 is 2.78 bits per heavy atom. The number of nitrogen functional groups attached to an aromatic ring is 1. The number of anilines is 1. The molecule has 92 valence electrons. The third-order valence-electron chi connectivity index (χ3n) is 2.10. The first-order chi connectivity index (χ1) is 8.70. The van der Waals surface area contributed by atoms with Crippen LogP contribution in [0.1, 0.15) is 5.89 Å². The van der Waals surface area contributed by atoms with Crippen LogP contribution in [0.5, 0.6) is 0 Å². The Morgan fingerprint density at radius 2 is 2.11 bits per heavy atom. The van der Waals surface area contributed by atoms with Crippen LogP contribution in [0.15, 0.2) is 31.8 Å². The van der Waals surface area contributed by atoms with E-state index < -0.39 is 0 Å². The largest absolute Gasteiger partial charge is 0.444 e. The van der Waals surface area contributed by atoms with E-state index in [0.717, 1.165) is 0 Å². The molecule has 0 bridgehead atoms. The van der Waals surface area contributed by atoms with Crippen LogP contribution in [-0.2, 0) is 6.54 Å². The van der Waals surface area contributed by atoms with Gasteiger partial charge in [-0.05, 0) is 28.1 Å². The van der Waals surface area contributed by atoms with E-state index in [1.807, 2.05) is 0 Å². The van der Waals surface area contributed by atoms with Crippen LogP contribution >= 0.6 is 15.9 Å². The molecular weight excluding hydrogens is 304 g/mol. The molecule has 0 spiro atoms. The van der Waals surface area contributed by atoms with Crippen LogP contribution in [0.4, 0.5) is 5.82 Å². The van der Waals surface area contributed by atoms with Gasteiger partial charge in [-0.2, -0.15) is 0 Å². The molecule has 3 heterocycles. The Hall–Kier alpha value is -2.16. The molecule has 0 radical (unpaired) electrons. The lowest BCUT2D eigenvalue weighted by Crippen LogP contribution is -2.00. The number of rotatable bonds is 3. The standard InChI is InChI=1S/C9H7BrN6O2/c10-6-2-1-5(17-6)9-14-13-8(18-9)4-16-3-7(11)12-15-16/h1-3H,4,11H2. The Kier molecular flexibility index (Phi) is 2.59. The quantitative estimate of drug-likeness (QED) is 0.776. The monoisotopic (exact) mass is 310 g/mol. The maximum Gasteiger partial charge on any atom is 0.283 e. The molecule has 0 aliphatic carbocycles. The van der Waals surface area contributed by atoms with Crippen molar-refractivity contribution >= 4 is 21.7 Å². The van der Waals surface area contributed by atoms with Crippen molar-refractivity contribution in [1.29, 1.82) is 0 Å². The highest BCUT2D eigenvalue weighted by atomic mass is 79.9. The van der Waals surface area contributed by atoms with Gasteiger partial charge >= 0.3 is 0 Å². The average molecular weight is 311 g/mol. The molecule has 3 aromatic heterocycles. The smallest absolute Gasteiger partial charge is 0.283 e. The third-order valence-corrected chi connectivity index (χ3v) is 2.53. The van der Waals surface area contributed by atoms with Crippen LogP contribution in [-0.4, -0.2) is 25.2 Å². The van der Waals surface area contributed by atoms with Gasteiger partial charge in [0.25, 0.3) is 5.89 Å². The lowest BCUT2D eigenvalue weighted by atomic mass is 10.4. The minimum atomic E-state index is 0.305. The summed E-state index contributed by atoms with van der Waals surface area (Å²) in [5, 5.41) is 15.2. The van der Waals surface area contributed by atoms with Crippen molar-refractivity contribution in [3.8, 4) is 11.7 Å². The highest BCUT2D eigenvalue weighted by Gasteiger charge is 2.12. The third kappa shape index (κ3) is 2.12. The molecular formula is C9H7BrN6O2. The summed E-state index contributed by atoms with van der Waals surface area (Å²) in [4.78, 5) is 0. The highest BCUT2D eigenvalue weighted by molar-refractivity contribution is 9.10. The van der Waals surface area contributed by atoms with Crippen molar-refractivity contribution in [2.45, 2.75) is 6.54 Å². The fourth-order valence-electron chi connectivity index (χ4n) is 1.38. The van der Waals surface area contributed by atoms with Crippen molar-refractivity contribution in [2.24, 2.45) is 0 Å². The number of hydrogen-bond acceptors (Lipinski definition) is 7. The molecule has 0 saturated carbocycles. The van der Waals surface area contributed by atoms with Crippen molar-refractivity contribution in [2.75, 3.05) is 5.73 Å². The maximum absolute atomic E-state index is 5.45. The molecule has 3 rings (SSSR count). The zero-order valence-electron chi connectivity index (χ0n) is 8.95. The SMILES string of the molecule is Nc1cn(Cc2nnc(-c3ccc(Br)o3)o2)nn1. The number of aromatic nitrogens is 5. The van der Waals surface area contributed by atoms with Gasteiger partial charge in [-0.15, -0.1) is 15.3 Å². The molecule has 0 aliphatic heterocycles. The second-order valence-electron chi connectivity index (χ2n) is 3.45. The Morgan fingerprint density at radius 1 is 1.22 bits per heavy atom. The Labute approximate surface area is 109 Å². The van der Waals surface area contributed by atoms with Gasteiger partial charge < -0.3 is 14.6 Å². The van der Waals surface area contributed by atoms with E-state index in [1.54, 1.807) is 18.3 Å². The van der Waals surface area contributed by atoms with E-state index in [4.69, 9.17) is 14.6 Å². The van der Waals surface area contributed by atoms with E-state index in [9.17, 15) is 0 Å². The van der Waals surface area contributed by atoms with Crippen molar-refractivity contribution in [3.05, 3.63) is 28.9 Å². The van der Waals surface area contributed by atoms with Gasteiger partial charge in [-0.3, -0.25) is 0 Å². The minimum absolute atomic E-state index is 0.305. The number of nitrogens with zero attached hydrogens (tertiary/aromatic N) is 5. The zero-order valence-corrected chi connectivity index (χ0v) is 10.5. The summed E-state index contributed by atoms with van der Waals surface area (Å²) in [7, 11) is 0. The highest BCUT2D eigenvalue weighted by Crippen LogP contribution is 2.23. The average Bonchev–Trinajstić information content (AvgIpc) is 3.01. The lowest BCUT2D eigenvalue weighted by Gasteiger charge is -1.92. The summed E-state index contributed by atoms with van der Waals surface area (Å²) in [5.41, 5.74) is 5.45. The topological polar surface area (TPSA) is 109 Å². The summed E-state index contributed by atoms with van der Waals surface area (Å²) in [6.07, 6.45) is 1.58. The number of furan rings is 1.